The van der Waals surface area contributed by atoms with E-state index in [0.29, 0.717) is 12.1 Å². The summed E-state index contributed by atoms with van der Waals surface area (Å²) < 4.78 is 30.4. The van der Waals surface area contributed by atoms with Crippen molar-refractivity contribution in [2.75, 3.05) is 6.61 Å². The highest BCUT2D eigenvalue weighted by Crippen LogP contribution is 2.24. The van der Waals surface area contributed by atoms with E-state index in [4.69, 9.17) is 0 Å². The van der Waals surface area contributed by atoms with Gasteiger partial charge in [0.05, 0.1) is 11.5 Å². The fraction of sp³-hybridized carbons (Fsp3) is 0.222. The second-order valence-corrected chi connectivity index (χ2v) is 2.73. The van der Waals surface area contributed by atoms with Gasteiger partial charge in [0.1, 0.15) is 0 Å². The van der Waals surface area contributed by atoms with E-state index in [9.17, 15) is 23.7 Å². The molecule has 5 nitrogen and oxygen atoms in total. The number of nitro groups is 1. The van der Waals surface area contributed by atoms with Gasteiger partial charge in [0.2, 0.25) is 0 Å². The highest BCUT2D eigenvalue weighted by atomic mass is 19.2. The van der Waals surface area contributed by atoms with E-state index in [1.54, 1.807) is 0 Å². The molecular weight excluding hydrogens is 224 g/mol. The zero-order valence-corrected chi connectivity index (χ0v) is 8.20. The van der Waals surface area contributed by atoms with Gasteiger partial charge < -0.3 is 4.74 Å². The van der Waals surface area contributed by atoms with Crippen LogP contribution in [0, 0.1) is 21.7 Å². The van der Waals surface area contributed by atoms with E-state index in [1.165, 1.54) is 6.92 Å². The molecule has 0 bridgehead atoms. The second-order valence-electron chi connectivity index (χ2n) is 2.73. The smallest absolute Gasteiger partial charge is 0.348 e. The molecule has 0 N–H and O–H groups in total. The molecule has 0 fully saturated rings. The molecule has 7 heteroatoms. The molecule has 0 aliphatic rings. The van der Waals surface area contributed by atoms with Crippen molar-refractivity contribution < 1.29 is 23.2 Å². The minimum Gasteiger partial charge on any atom is -0.462 e. The fourth-order valence-electron chi connectivity index (χ4n) is 1.09. The van der Waals surface area contributed by atoms with Crippen LogP contribution in [0.2, 0.25) is 0 Å². The fourth-order valence-corrected chi connectivity index (χ4v) is 1.09. The molecule has 0 saturated heterocycles. The molecule has 86 valence electrons. The highest BCUT2D eigenvalue weighted by Gasteiger charge is 2.28. The minimum absolute atomic E-state index is 0.0913. The number of nitro benzene ring substituents is 1. The Hall–Kier alpha value is -2.05. The lowest BCUT2D eigenvalue weighted by Gasteiger charge is -2.04. The summed E-state index contributed by atoms with van der Waals surface area (Å²) in [5.41, 5.74) is -1.82. The summed E-state index contributed by atoms with van der Waals surface area (Å²) in [6.45, 7) is 1.35. The standard InChI is InChI=1S/C9H7F2NO4/c1-2-16-9(13)7-6(12(14)15)4-3-5(10)8(7)11/h3-4H,2H2,1H3. The first-order chi connectivity index (χ1) is 7.49. The number of rotatable bonds is 3. The number of ether oxygens (including phenoxy) is 1. The van der Waals surface area contributed by atoms with E-state index < -0.39 is 33.8 Å². The van der Waals surface area contributed by atoms with Gasteiger partial charge >= 0.3 is 5.97 Å². The second kappa shape index (κ2) is 4.65. The van der Waals surface area contributed by atoms with Crippen LogP contribution in [-0.4, -0.2) is 17.5 Å². The third kappa shape index (κ3) is 2.13. The predicted molar refractivity (Wildman–Crippen MR) is 49.0 cm³/mol. The zero-order chi connectivity index (χ0) is 12.3. The maximum absolute atomic E-state index is 13.2. The molecule has 0 saturated carbocycles. The summed E-state index contributed by atoms with van der Waals surface area (Å²) in [6.07, 6.45) is 0. The maximum Gasteiger partial charge on any atom is 0.348 e. The predicted octanol–water partition coefficient (Wildman–Crippen LogP) is 2.05. The van der Waals surface area contributed by atoms with Crippen LogP contribution in [0.5, 0.6) is 0 Å². The van der Waals surface area contributed by atoms with Crippen LogP contribution >= 0.6 is 0 Å². The van der Waals surface area contributed by atoms with E-state index in [0.717, 1.165) is 0 Å². The van der Waals surface area contributed by atoms with E-state index in [1.807, 2.05) is 0 Å². The largest absolute Gasteiger partial charge is 0.462 e. The normalized spacial score (nSPS) is 9.94. The molecule has 0 aromatic heterocycles. The van der Waals surface area contributed by atoms with Crippen LogP contribution in [0.15, 0.2) is 12.1 Å². The van der Waals surface area contributed by atoms with Crippen LogP contribution in [0.1, 0.15) is 17.3 Å². The molecule has 1 aromatic rings. The van der Waals surface area contributed by atoms with Crippen molar-refractivity contribution in [3.05, 3.63) is 39.4 Å². The van der Waals surface area contributed by atoms with Gasteiger partial charge in [-0.25, -0.2) is 13.6 Å². The van der Waals surface area contributed by atoms with Gasteiger partial charge in [0, 0.05) is 6.07 Å². The first kappa shape index (κ1) is 12.0. The number of hydrogen-bond donors (Lipinski definition) is 0. The molecular formula is C9H7F2NO4. The molecule has 0 heterocycles. The summed E-state index contributed by atoms with van der Waals surface area (Å²) in [5, 5.41) is 10.5. The Bertz CT molecular complexity index is 447. The van der Waals surface area contributed by atoms with E-state index >= 15 is 0 Å². The van der Waals surface area contributed by atoms with Crippen molar-refractivity contribution in [1.82, 2.24) is 0 Å². The van der Waals surface area contributed by atoms with Crippen molar-refractivity contribution in [1.29, 1.82) is 0 Å². The van der Waals surface area contributed by atoms with Gasteiger partial charge in [0.25, 0.3) is 5.69 Å². The molecule has 1 aromatic carbocycles. The lowest BCUT2D eigenvalue weighted by molar-refractivity contribution is -0.385. The van der Waals surface area contributed by atoms with E-state index in [-0.39, 0.29) is 6.61 Å². The Balaban J connectivity index is 3.37. The Morgan fingerprint density at radius 1 is 1.50 bits per heavy atom. The van der Waals surface area contributed by atoms with Crippen LogP contribution < -0.4 is 0 Å². The summed E-state index contributed by atoms with van der Waals surface area (Å²) in [5.74, 6) is -4.17. The minimum atomic E-state index is -1.58. The lowest BCUT2D eigenvalue weighted by Crippen LogP contribution is -2.11. The average Bonchev–Trinajstić information content (AvgIpc) is 2.21. The van der Waals surface area contributed by atoms with Crippen molar-refractivity contribution in [2.45, 2.75) is 6.92 Å². The quantitative estimate of drug-likeness (QED) is 0.453. The zero-order valence-electron chi connectivity index (χ0n) is 8.20. The molecule has 0 unspecified atom stereocenters. The van der Waals surface area contributed by atoms with Gasteiger partial charge in [-0.3, -0.25) is 10.1 Å². The number of nitrogens with zero attached hydrogens (tertiary/aromatic N) is 1. The van der Waals surface area contributed by atoms with Crippen molar-refractivity contribution >= 4 is 11.7 Å². The number of carbonyl (C=O) groups excluding carboxylic acids is 1. The molecule has 0 atom stereocenters. The van der Waals surface area contributed by atoms with Gasteiger partial charge in [-0.15, -0.1) is 0 Å². The molecule has 0 amide bonds. The monoisotopic (exact) mass is 231 g/mol. The third-order valence-electron chi connectivity index (χ3n) is 1.75. The SMILES string of the molecule is CCOC(=O)c1c([N+](=O)[O-])ccc(F)c1F. The summed E-state index contributed by atoms with van der Waals surface area (Å²) >= 11 is 0. The van der Waals surface area contributed by atoms with Gasteiger partial charge in [0.15, 0.2) is 17.2 Å². The molecule has 0 spiro atoms. The van der Waals surface area contributed by atoms with Crippen molar-refractivity contribution in [3.8, 4) is 0 Å². The number of halogens is 2. The first-order valence-corrected chi connectivity index (χ1v) is 4.28. The lowest BCUT2D eigenvalue weighted by atomic mass is 10.1. The Morgan fingerprint density at radius 2 is 2.12 bits per heavy atom. The van der Waals surface area contributed by atoms with Gasteiger partial charge in [-0.2, -0.15) is 0 Å². The van der Waals surface area contributed by atoms with Crippen molar-refractivity contribution in [3.63, 3.8) is 0 Å². The van der Waals surface area contributed by atoms with Crippen LogP contribution in [0.3, 0.4) is 0 Å². The first-order valence-electron chi connectivity index (χ1n) is 4.28. The number of esters is 1. The summed E-state index contributed by atoms with van der Waals surface area (Å²) in [4.78, 5) is 20.7. The average molecular weight is 231 g/mol. The topological polar surface area (TPSA) is 69.4 Å². The number of hydrogen-bond acceptors (Lipinski definition) is 4. The molecule has 0 aliphatic heterocycles. The maximum atomic E-state index is 13.2. The Kier molecular flexibility index (Phi) is 3.49. The Morgan fingerprint density at radius 3 is 2.62 bits per heavy atom. The third-order valence-corrected chi connectivity index (χ3v) is 1.75. The van der Waals surface area contributed by atoms with Crippen LogP contribution in [-0.2, 0) is 4.74 Å². The summed E-state index contributed by atoms with van der Waals surface area (Å²) in [6, 6.07) is 1.29. The molecule has 0 aliphatic carbocycles. The van der Waals surface area contributed by atoms with Gasteiger partial charge in [-0.1, -0.05) is 0 Å². The molecule has 1 rings (SSSR count). The van der Waals surface area contributed by atoms with Crippen molar-refractivity contribution in [2.24, 2.45) is 0 Å². The van der Waals surface area contributed by atoms with Gasteiger partial charge in [-0.05, 0) is 13.0 Å². The van der Waals surface area contributed by atoms with Crippen LogP contribution in [0.25, 0.3) is 0 Å². The van der Waals surface area contributed by atoms with Crippen LogP contribution in [0.4, 0.5) is 14.5 Å². The summed E-state index contributed by atoms with van der Waals surface area (Å²) in [7, 11) is 0. The van der Waals surface area contributed by atoms with E-state index in [2.05, 4.69) is 4.74 Å². The number of benzene rings is 1. The molecule has 16 heavy (non-hydrogen) atoms. The number of carbonyl (C=O) groups is 1. The molecule has 0 radical (unpaired) electrons. The highest BCUT2D eigenvalue weighted by molar-refractivity contribution is 5.94. The Labute approximate surface area is 88.8 Å².